The van der Waals surface area contributed by atoms with Crippen LogP contribution in [0.15, 0.2) is 30.3 Å². The highest BCUT2D eigenvalue weighted by atomic mass is 16.4. The summed E-state index contributed by atoms with van der Waals surface area (Å²) in [5.41, 5.74) is 3.53. The van der Waals surface area contributed by atoms with Gasteiger partial charge in [0.05, 0.1) is 11.8 Å². The van der Waals surface area contributed by atoms with E-state index in [4.69, 9.17) is 0 Å². The third-order valence-electron chi connectivity index (χ3n) is 5.90. The van der Waals surface area contributed by atoms with E-state index < -0.39 is 17.8 Å². The number of carboxylic acid groups (broad SMARTS) is 1. The largest absolute Gasteiger partial charge is 0.481 e. The Morgan fingerprint density at radius 2 is 1.83 bits per heavy atom. The lowest BCUT2D eigenvalue weighted by molar-refractivity contribution is -0.152. The highest BCUT2D eigenvalue weighted by Crippen LogP contribution is 2.48. The van der Waals surface area contributed by atoms with Gasteiger partial charge >= 0.3 is 5.97 Å². The number of amides is 1. The van der Waals surface area contributed by atoms with E-state index in [-0.39, 0.29) is 11.8 Å². The van der Waals surface area contributed by atoms with Gasteiger partial charge in [0.2, 0.25) is 5.91 Å². The molecule has 0 aromatic heterocycles. The van der Waals surface area contributed by atoms with Gasteiger partial charge in [-0.3, -0.25) is 9.59 Å². The molecule has 3 atom stereocenters. The Kier molecular flexibility index (Phi) is 3.91. The standard InChI is InChI=1S/C20H23NO3/c22-19(21-10-4-1-5-11-21)16-9-8-15-14-7-3-2-6-13(14)12-17(15)18(16)20(23)24/h2-3,6-8,16-18H,1,4-5,9-12H2,(H,23,24). The Hall–Kier alpha value is -2.10. The number of benzene rings is 1. The first-order chi connectivity index (χ1) is 11.7. The molecule has 1 fully saturated rings. The van der Waals surface area contributed by atoms with Gasteiger partial charge in [0, 0.05) is 19.0 Å². The van der Waals surface area contributed by atoms with E-state index in [1.165, 1.54) is 17.5 Å². The molecule has 2 aliphatic carbocycles. The number of fused-ring (bicyclic) bond motifs is 3. The second-order valence-electron chi connectivity index (χ2n) is 7.22. The highest BCUT2D eigenvalue weighted by molar-refractivity contribution is 5.90. The van der Waals surface area contributed by atoms with Crippen LogP contribution in [0.3, 0.4) is 0 Å². The van der Waals surface area contributed by atoms with Crippen molar-refractivity contribution in [3.8, 4) is 0 Å². The molecule has 3 aliphatic rings. The Morgan fingerprint density at radius 1 is 1.08 bits per heavy atom. The molecule has 1 aliphatic heterocycles. The van der Waals surface area contributed by atoms with Crippen LogP contribution in [-0.2, 0) is 16.0 Å². The second kappa shape index (κ2) is 6.08. The number of carbonyl (C=O) groups is 2. The van der Waals surface area contributed by atoms with Crippen molar-refractivity contribution in [1.82, 2.24) is 4.90 Å². The smallest absolute Gasteiger partial charge is 0.307 e. The molecule has 1 N–H and O–H groups in total. The maximum atomic E-state index is 13.0. The van der Waals surface area contributed by atoms with Crippen LogP contribution < -0.4 is 0 Å². The average Bonchev–Trinajstić information content (AvgIpc) is 2.99. The number of aliphatic carboxylic acids is 1. The first-order valence-corrected chi connectivity index (χ1v) is 8.96. The van der Waals surface area contributed by atoms with E-state index in [1.54, 1.807) is 0 Å². The Morgan fingerprint density at radius 3 is 2.58 bits per heavy atom. The predicted octanol–water partition coefficient (Wildman–Crippen LogP) is 2.98. The normalized spacial score (nSPS) is 28.8. The third kappa shape index (κ3) is 2.45. The molecule has 126 valence electrons. The molecule has 1 amide bonds. The van der Waals surface area contributed by atoms with Crippen molar-refractivity contribution in [1.29, 1.82) is 0 Å². The fraction of sp³-hybridized carbons (Fsp3) is 0.500. The minimum absolute atomic E-state index is 0.0494. The molecule has 4 rings (SSSR count). The molecule has 0 radical (unpaired) electrons. The van der Waals surface area contributed by atoms with Gasteiger partial charge in [-0.2, -0.15) is 0 Å². The van der Waals surface area contributed by atoms with Gasteiger partial charge < -0.3 is 10.0 Å². The summed E-state index contributed by atoms with van der Waals surface area (Å²) < 4.78 is 0. The fourth-order valence-corrected chi connectivity index (χ4v) is 4.74. The molecule has 4 heteroatoms. The van der Waals surface area contributed by atoms with Crippen LogP contribution in [0.1, 0.15) is 36.8 Å². The van der Waals surface area contributed by atoms with E-state index in [1.807, 2.05) is 17.0 Å². The number of nitrogens with zero attached hydrogens (tertiary/aromatic N) is 1. The SMILES string of the molecule is O=C(O)C1C(C(=O)N2CCCCC2)CC=C2c3ccccc3CC21. The summed E-state index contributed by atoms with van der Waals surface area (Å²) in [6.07, 6.45) is 6.65. The number of piperidine rings is 1. The van der Waals surface area contributed by atoms with E-state index in [0.29, 0.717) is 6.42 Å². The molecule has 3 unspecified atom stereocenters. The molecule has 1 aromatic rings. The summed E-state index contributed by atoms with van der Waals surface area (Å²) in [6, 6.07) is 8.16. The Balaban J connectivity index is 1.64. The van der Waals surface area contributed by atoms with Crippen LogP contribution in [-0.4, -0.2) is 35.0 Å². The van der Waals surface area contributed by atoms with E-state index in [0.717, 1.165) is 37.9 Å². The molecule has 24 heavy (non-hydrogen) atoms. The van der Waals surface area contributed by atoms with Crippen molar-refractivity contribution in [3.05, 3.63) is 41.5 Å². The lowest BCUT2D eigenvalue weighted by atomic mass is 9.71. The van der Waals surface area contributed by atoms with Crippen LogP contribution in [0.5, 0.6) is 0 Å². The first kappa shape index (κ1) is 15.4. The summed E-state index contributed by atoms with van der Waals surface area (Å²) in [4.78, 5) is 26.9. The summed E-state index contributed by atoms with van der Waals surface area (Å²) >= 11 is 0. The van der Waals surface area contributed by atoms with Crippen molar-refractivity contribution in [3.63, 3.8) is 0 Å². The van der Waals surface area contributed by atoms with Crippen LogP contribution in [0.2, 0.25) is 0 Å². The van der Waals surface area contributed by atoms with E-state index >= 15 is 0 Å². The third-order valence-corrected chi connectivity index (χ3v) is 5.90. The van der Waals surface area contributed by atoms with Gasteiger partial charge in [0.15, 0.2) is 0 Å². The Bertz CT molecular complexity index is 703. The monoisotopic (exact) mass is 325 g/mol. The lowest BCUT2D eigenvalue weighted by Crippen LogP contribution is -2.46. The summed E-state index contributed by atoms with van der Waals surface area (Å²) in [5, 5.41) is 9.88. The minimum Gasteiger partial charge on any atom is -0.481 e. The maximum Gasteiger partial charge on any atom is 0.307 e. The molecule has 1 aromatic carbocycles. The van der Waals surface area contributed by atoms with Gasteiger partial charge in [-0.1, -0.05) is 30.3 Å². The van der Waals surface area contributed by atoms with Gasteiger partial charge in [-0.15, -0.1) is 0 Å². The summed E-state index contributed by atoms with van der Waals surface area (Å²) in [6.45, 7) is 1.56. The van der Waals surface area contributed by atoms with Crippen molar-refractivity contribution in [2.24, 2.45) is 17.8 Å². The van der Waals surface area contributed by atoms with Crippen molar-refractivity contribution in [2.45, 2.75) is 32.1 Å². The molecule has 4 nitrogen and oxygen atoms in total. The zero-order valence-electron chi connectivity index (χ0n) is 13.8. The molecule has 1 saturated heterocycles. The molecule has 0 spiro atoms. The van der Waals surface area contributed by atoms with Crippen LogP contribution in [0.25, 0.3) is 5.57 Å². The van der Waals surface area contributed by atoms with Gasteiger partial charge in [-0.05, 0) is 48.8 Å². The number of carbonyl (C=O) groups excluding carboxylic acids is 1. The number of hydrogen-bond acceptors (Lipinski definition) is 2. The van der Waals surface area contributed by atoms with E-state index in [2.05, 4.69) is 18.2 Å². The fourth-order valence-electron chi connectivity index (χ4n) is 4.74. The molecule has 0 saturated carbocycles. The van der Waals surface area contributed by atoms with Gasteiger partial charge in [0.1, 0.15) is 0 Å². The quantitative estimate of drug-likeness (QED) is 0.909. The number of carboxylic acids is 1. The highest BCUT2D eigenvalue weighted by Gasteiger charge is 2.47. The topological polar surface area (TPSA) is 57.6 Å². The second-order valence-corrected chi connectivity index (χ2v) is 7.22. The number of rotatable bonds is 2. The minimum atomic E-state index is -0.825. The number of allylic oxidation sites excluding steroid dienone is 2. The van der Waals surface area contributed by atoms with Crippen LogP contribution >= 0.6 is 0 Å². The molecule has 0 bridgehead atoms. The van der Waals surface area contributed by atoms with Gasteiger partial charge in [-0.25, -0.2) is 0 Å². The van der Waals surface area contributed by atoms with Gasteiger partial charge in [0.25, 0.3) is 0 Å². The van der Waals surface area contributed by atoms with Crippen molar-refractivity contribution < 1.29 is 14.7 Å². The molecular weight excluding hydrogens is 302 g/mol. The zero-order valence-corrected chi connectivity index (χ0v) is 13.8. The van der Waals surface area contributed by atoms with Crippen molar-refractivity contribution in [2.75, 3.05) is 13.1 Å². The number of likely N-dealkylation sites (tertiary alicyclic amines) is 1. The lowest BCUT2D eigenvalue weighted by Gasteiger charge is -2.36. The first-order valence-electron chi connectivity index (χ1n) is 8.96. The zero-order chi connectivity index (χ0) is 16.7. The summed E-state index contributed by atoms with van der Waals surface area (Å²) in [7, 11) is 0. The molecular formula is C20H23NO3. The van der Waals surface area contributed by atoms with Crippen LogP contribution in [0.4, 0.5) is 0 Å². The Labute approximate surface area is 142 Å². The summed E-state index contributed by atoms with van der Waals surface area (Å²) in [5.74, 6) is -1.86. The maximum absolute atomic E-state index is 13.0. The predicted molar refractivity (Wildman–Crippen MR) is 91.3 cm³/mol. The molecule has 1 heterocycles. The average molecular weight is 325 g/mol. The van der Waals surface area contributed by atoms with Crippen molar-refractivity contribution >= 4 is 17.4 Å². The number of hydrogen-bond donors (Lipinski definition) is 1. The van der Waals surface area contributed by atoms with Crippen LogP contribution in [0, 0.1) is 17.8 Å². The van der Waals surface area contributed by atoms with E-state index in [9.17, 15) is 14.7 Å².